The second-order valence-electron chi connectivity index (χ2n) is 5.54. The van der Waals surface area contributed by atoms with E-state index in [9.17, 15) is 4.79 Å². The minimum atomic E-state index is -1.07. The number of carboxylic acids is 1. The molecule has 116 valence electrons. The molecule has 6 heteroatoms. The fourth-order valence-corrected chi connectivity index (χ4v) is 2.67. The normalized spacial score (nSPS) is 17.4. The molecule has 21 heavy (non-hydrogen) atoms. The lowest BCUT2D eigenvalue weighted by Gasteiger charge is -2.37. The first kappa shape index (κ1) is 15.7. The highest BCUT2D eigenvalue weighted by atomic mass is 16.5. The van der Waals surface area contributed by atoms with Gasteiger partial charge in [-0.05, 0) is 19.3 Å². The zero-order chi connectivity index (χ0) is 15.1. The van der Waals surface area contributed by atoms with Crippen molar-refractivity contribution in [3.63, 3.8) is 0 Å². The van der Waals surface area contributed by atoms with E-state index in [0.717, 1.165) is 25.9 Å². The third kappa shape index (κ3) is 4.39. The molecule has 0 aliphatic heterocycles. The molecular weight excluding hydrogens is 270 g/mol. The first-order chi connectivity index (χ1) is 10.2. The zero-order valence-corrected chi connectivity index (χ0v) is 12.5. The summed E-state index contributed by atoms with van der Waals surface area (Å²) in [5.41, 5.74) is -0.170. The standard InChI is InChI=1S/C15H23N3O3/c1-2-8-21-15(6-4-3-5-7-15)11-18-13-10-16-12(9-17-13)14(19)20/h9-10H,2-8,11H2,1H3,(H,17,18)(H,19,20). The molecule has 0 amide bonds. The van der Waals surface area contributed by atoms with Crippen molar-refractivity contribution in [1.29, 1.82) is 0 Å². The van der Waals surface area contributed by atoms with Gasteiger partial charge in [0.2, 0.25) is 0 Å². The number of aromatic nitrogens is 2. The first-order valence-electron chi connectivity index (χ1n) is 7.58. The second-order valence-corrected chi connectivity index (χ2v) is 5.54. The van der Waals surface area contributed by atoms with Crippen LogP contribution < -0.4 is 5.32 Å². The van der Waals surface area contributed by atoms with E-state index in [-0.39, 0.29) is 11.3 Å². The molecule has 1 aliphatic carbocycles. The summed E-state index contributed by atoms with van der Waals surface area (Å²) in [6.07, 6.45) is 9.50. The van der Waals surface area contributed by atoms with Gasteiger partial charge in [0.25, 0.3) is 0 Å². The number of nitrogens with zero attached hydrogens (tertiary/aromatic N) is 2. The smallest absolute Gasteiger partial charge is 0.356 e. The van der Waals surface area contributed by atoms with E-state index in [2.05, 4.69) is 22.2 Å². The van der Waals surface area contributed by atoms with Crippen LogP contribution in [0, 0.1) is 0 Å². The summed E-state index contributed by atoms with van der Waals surface area (Å²) in [4.78, 5) is 18.7. The van der Waals surface area contributed by atoms with Crippen molar-refractivity contribution >= 4 is 11.8 Å². The molecule has 1 heterocycles. The number of aromatic carboxylic acids is 1. The Balaban J connectivity index is 1.95. The number of carbonyl (C=O) groups is 1. The lowest BCUT2D eigenvalue weighted by atomic mass is 9.84. The van der Waals surface area contributed by atoms with E-state index in [1.165, 1.54) is 31.7 Å². The summed E-state index contributed by atoms with van der Waals surface area (Å²) in [6, 6.07) is 0. The van der Waals surface area contributed by atoms with Crippen LogP contribution in [0.25, 0.3) is 0 Å². The number of hydrogen-bond donors (Lipinski definition) is 2. The number of rotatable bonds is 7. The average molecular weight is 293 g/mol. The van der Waals surface area contributed by atoms with E-state index in [4.69, 9.17) is 9.84 Å². The number of carboxylic acid groups (broad SMARTS) is 1. The quantitative estimate of drug-likeness (QED) is 0.804. The Morgan fingerprint density at radius 1 is 1.33 bits per heavy atom. The van der Waals surface area contributed by atoms with E-state index in [0.29, 0.717) is 12.4 Å². The predicted octanol–water partition coefficient (Wildman–Crippen LogP) is 2.72. The Labute approximate surface area is 124 Å². The van der Waals surface area contributed by atoms with Crippen LogP contribution in [0.15, 0.2) is 12.4 Å². The van der Waals surface area contributed by atoms with Crippen LogP contribution in [0.2, 0.25) is 0 Å². The monoisotopic (exact) mass is 293 g/mol. The maximum Gasteiger partial charge on any atom is 0.356 e. The van der Waals surface area contributed by atoms with Crippen LogP contribution in [-0.2, 0) is 4.74 Å². The van der Waals surface area contributed by atoms with Crippen LogP contribution in [0.4, 0.5) is 5.82 Å². The number of anilines is 1. The van der Waals surface area contributed by atoms with Crippen LogP contribution in [-0.4, -0.2) is 39.8 Å². The van der Waals surface area contributed by atoms with Crippen LogP contribution in [0.5, 0.6) is 0 Å². The first-order valence-corrected chi connectivity index (χ1v) is 7.58. The molecule has 1 saturated carbocycles. The summed E-state index contributed by atoms with van der Waals surface area (Å²) < 4.78 is 6.10. The van der Waals surface area contributed by atoms with Gasteiger partial charge in [0.05, 0.1) is 18.0 Å². The fourth-order valence-electron chi connectivity index (χ4n) is 2.67. The number of ether oxygens (including phenoxy) is 1. The van der Waals surface area contributed by atoms with Crippen LogP contribution in [0.1, 0.15) is 55.9 Å². The lowest BCUT2D eigenvalue weighted by Crippen LogP contribution is -2.42. The molecule has 1 fully saturated rings. The van der Waals surface area contributed by atoms with Gasteiger partial charge in [-0.15, -0.1) is 0 Å². The molecule has 0 saturated heterocycles. The van der Waals surface area contributed by atoms with Gasteiger partial charge in [-0.25, -0.2) is 14.8 Å². The van der Waals surface area contributed by atoms with E-state index < -0.39 is 5.97 Å². The van der Waals surface area contributed by atoms with Gasteiger partial charge < -0.3 is 15.2 Å². The SMILES string of the molecule is CCCOC1(CNc2cnc(C(=O)O)cn2)CCCCC1. The van der Waals surface area contributed by atoms with Gasteiger partial charge >= 0.3 is 5.97 Å². The maximum atomic E-state index is 10.7. The lowest BCUT2D eigenvalue weighted by molar-refractivity contribution is -0.0599. The Hall–Kier alpha value is -1.69. The summed E-state index contributed by atoms with van der Waals surface area (Å²) >= 11 is 0. The van der Waals surface area contributed by atoms with Crippen molar-refractivity contribution in [3.8, 4) is 0 Å². The Morgan fingerprint density at radius 2 is 2.10 bits per heavy atom. The van der Waals surface area contributed by atoms with E-state index in [1.807, 2.05) is 0 Å². The predicted molar refractivity (Wildman–Crippen MR) is 79.5 cm³/mol. The topological polar surface area (TPSA) is 84.3 Å². The van der Waals surface area contributed by atoms with E-state index in [1.54, 1.807) is 0 Å². The van der Waals surface area contributed by atoms with Gasteiger partial charge in [-0.2, -0.15) is 0 Å². The van der Waals surface area contributed by atoms with Gasteiger partial charge in [-0.1, -0.05) is 26.2 Å². The van der Waals surface area contributed by atoms with Crippen molar-refractivity contribution in [2.75, 3.05) is 18.5 Å². The third-order valence-corrected chi connectivity index (χ3v) is 3.84. The third-order valence-electron chi connectivity index (χ3n) is 3.84. The number of nitrogens with one attached hydrogen (secondary N) is 1. The molecular formula is C15H23N3O3. The summed E-state index contributed by atoms with van der Waals surface area (Å²) in [7, 11) is 0. The van der Waals surface area contributed by atoms with Gasteiger partial charge in [-0.3, -0.25) is 0 Å². The Morgan fingerprint density at radius 3 is 2.67 bits per heavy atom. The van der Waals surface area contributed by atoms with Gasteiger partial charge in [0.15, 0.2) is 5.69 Å². The van der Waals surface area contributed by atoms with Gasteiger partial charge in [0.1, 0.15) is 5.82 Å². The molecule has 2 rings (SSSR count). The average Bonchev–Trinajstić information content (AvgIpc) is 2.52. The molecule has 0 bridgehead atoms. The largest absolute Gasteiger partial charge is 0.476 e. The fraction of sp³-hybridized carbons (Fsp3) is 0.667. The van der Waals surface area contributed by atoms with E-state index >= 15 is 0 Å². The molecule has 0 radical (unpaired) electrons. The zero-order valence-electron chi connectivity index (χ0n) is 12.5. The highest BCUT2D eigenvalue weighted by molar-refractivity contribution is 5.84. The Kier molecular flexibility index (Phi) is 5.50. The Bertz CT molecular complexity index is 456. The minimum absolute atomic E-state index is 0.0461. The molecule has 0 spiro atoms. The summed E-state index contributed by atoms with van der Waals surface area (Å²) in [6.45, 7) is 3.57. The van der Waals surface area contributed by atoms with Crippen molar-refractivity contribution in [3.05, 3.63) is 18.1 Å². The molecule has 1 aromatic heterocycles. The summed E-state index contributed by atoms with van der Waals surface area (Å²) in [5, 5.41) is 12.0. The van der Waals surface area contributed by atoms with Crippen LogP contribution in [0.3, 0.4) is 0 Å². The molecule has 1 aliphatic rings. The van der Waals surface area contributed by atoms with Crippen LogP contribution >= 0.6 is 0 Å². The highest BCUT2D eigenvalue weighted by Crippen LogP contribution is 2.32. The van der Waals surface area contributed by atoms with Crippen molar-refractivity contribution < 1.29 is 14.6 Å². The second kappa shape index (κ2) is 7.36. The molecule has 0 unspecified atom stereocenters. The van der Waals surface area contributed by atoms with Crippen molar-refractivity contribution in [1.82, 2.24) is 9.97 Å². The summed E-state index contributed by atoms with van der Waals surface area (Å²) in [5.74, 6) is -0.478. The molecule has 0 aromatic carbocycles. The highest BCUT2D eigenvalue weighted by Gasteiger charge is 2.32. The molecule has 6 nitrogen and oxygen atoms in total. The number of hydrogen-bond acceptors (Lipinski definition) is 5. The minimum Gasteiger partial charge on any atom is -0.476 e. The molecule has 0 atom stereocenters. The molecule has 2 N–H and O–H groups in total. The van der Waals surface area contributed by atoms with Crippen molar-refractivity contribution in [2.45, 2.75) is 51.0 Å². The van der Waals surface area contributed by atoms with Gasteiger partial charge in [0, 0.05) is 13.2 Å². The maximum absolute atomic E-state index is 10.7. The molecule has 1 aromatic rings. The van der Waals surface area contributed by atoms with Crippen molar-refractivity contribution in [2.24, 2.45) is 0 Å².